The molecule has 0 N–H and O–H groups in total. The van der Waals surface area contributed by atoms with Gasteiger partial charge >= 0.3 is 0 Å². The number of hydrogen-bond acceptors (Lipinski definition) is 4. The first-order valence-corrected chi connectivity index (χ1v) is 6.96. The van der Waals surface area contributed by atoms with Gasteiger partial charge in [-0.25, -0.2) is 8.42 Å². The molecule has 7 heteroatoms. The second kappa shape index (κ2) is 4.62. The lowest BCUT2D eigenvalue weighted by atomic mass is 10.1. The van der Waals surface area contributed by atoms with Crippen LogP contribution in [0.3, 0.4) is 0 Å². The molecule has 1 rings (SSSR count). The molecule has 0 unspecified atom stereocenters. The Hall–Kier alpha value is -0.410. The van der Waals surface area contributed by atoms with Gasteiger partial charge in [-0.1, -0.05) is 0 Å². The van der Waals surface area contributed by atoms with Crippen LogP contribution < -0.4 is 0 Å². The van der Waals surface area contributed by atoms with Crippen molar-refractivity contribution in [2.75, 3.05) is 0 Å². The van der Waals surface area contributed by atoms with E-state index in [1.807, 2.05) is 0 Å². The van der Waals surface area contributed by atoms with Crippen molar-refractivity contribution in [1.82, 2.24) is 0 Å². The third kappa shape index (κ3) is 2.79. The van der Waals surface area contributed by atoms with E-state index in [0.717, 1.165) is 0 Å². The quantitative estimate of drug-likeness (QED) is 0.515. The van der Waals surface area contributed by atoms with Crippen LogP contribution in [0.5, 0.6) is 0 Å². The van der Waals surface area contributed by atoms with Gasteiger partial charge in [0.05, 0.1) is 5.56 Å². The van der Waals surface area contributed by atoms with Crippen LogP contribution in [0.25, 0.3) is 0 Å². The molecule has 0 saturated heterocycles. The molecule has 0 aliphatic rings. The molecule has 15 heavy (non-hydrogen) atoms. The highest BCUT2D eigenvalue weighted by molar-refractivity contribution is 8.13. The van der Waals surface area contributed by atoms with E-state index in [9.17, 15) is 8.42 Å². The summed E-state index contributed by atoms with van der Waals surface area (Å²) in [6.07, 6.45) is 0. The van der Waals surface area contributed by atoms with Gasteiger partial charge in [0.15, 0.2) is 0 Å². The van der Waals surface area contributed by atoms with Crippen molar-refractivity contribution in [3.63, 3.8) is 0 Å². The van der Waals surface area contributed by atoms with Gasteiger partial charge in [0.2, 0.25) is 0 Å². The molecule has 80 valence electrons. The lowest BCUT2D eigenvalue weighted by Crippen LogP contribution is -2.00. The SMILES string of the molecule is N#Cc1cc(S)cc(CCl)c1S(=O)(=O)Cl. The molecule has 0 heterocycles. The Morgan fingerprint density at radius 2 is 2.07 bits per heavy atom. The van der Waals surface area contributed by atoms with Gasteiger partial charge in [0, 0.05) is 21.5 Å². The third-order valence-corrected chi connectivity index (χ3v) is 3.64. The average Bonchev–Trinajstić information content (AvgIpc) is 2.14. The molecule has 0 fully saturated rings. The molecule has 0 saturated carbocycles. The predicted molar refractivity (Wildman–Crippen MR) is 61.0 cm³/mol. The largest absolute Gasteiger partial charge is 0.262 e. The maximum atomic E-state index is 11.2. The summed E-state index contributed by atoms with van der Waals surface area (Å²) in [5, 5.41) is 8.78. The van der Waals surface area contributed by atoms with E-state index in [1.165, 1.54) is 12.1 Å². The maximum absolute atomic E-state index is 11.2. The minimum Gasteiger partial charge on any atom is -0.207 e. The highest BCUT2D eigenvalue weighted by Crippen LogP contribution is 2.28. The summed E-state index contributed by atoms with van der Waals surface area (Å²) in [7, 11) is 1.24. The maximum Gasteiger partial charge on any atom is 0.262 e. The molecule has 0 bridgehead atoms. The molecular weight excluding hydrogens is 277 g/mol. The summed E-state index contributed by atoms with van der Waals surface area (Å²) in [5.41, 5.74) is 0.226. The monoisotopic (exact) mass is 281 g/mol. The van der Waals surface area contributed by atoms with E-state index in [2.05, 4.69) is 12.6 Å². The number of rotatable bonds is 2. The number of halogens is 2. The van der Waals surface area contributed by atoms with Crippen LogP contribution in [0.1, 0.15) is 11.1 Å². The highest BCUT2D eigenvalue weighted by atomic mass is 35.7. The van der Waals surface area contributed by atoms with Gasteiger partial charge in [-0.2, -0.15) is 5.26 Å². The molecule has 0 aliphatic carbocycles. The average molecular weight is 282 g/mol. The Morgan fingerprint density at radius 3 is 2.47 bits per heavy atom. The molecule has 0 atom stereocenters. The van der Waals surface area contributed by atoms with Crippen LogP contribution in [0.2, 0.25) is 0 Å². The molecule has 0 aliphatic heterocycles. The summed E-state index contributed by atoms with van der Waals surface area (Å²) in [5.74, 6) is -0.0512. The fourth-order valence-corrected chi connectivity index (χ4v) is 3.08. The first-order chi connectivity index (χ1) is 6.90. The van der Waals surface area contributed by atoms with E-state index in [0.29, 0.717) is 4.90 Å². The Balaban J connectivity index is 3.69. The van der Waals surface area contributed by atoms with Crippen molar-refractivity contribution in [2.45, 2.75) is 15.7 Å². The van der Waals surface area contributed by atoms with Gasteiger partial charge in [0.25, 0.3) is 9.05 Å². The minimum absolute atomic E-state index is 0.0480. The Morgan fingerprint density at radius 1 is 1.47 bits per heavy atom. The molecular formula is C8H5Cl2NO2S2. The van der Waals surface area contributed by atoms with Gasteiger partial charge in [0.1, 0.15) is 11.0 Å². The van der Waals surface area contributed by atoms with E-state index < -0.39 is 9.05 Å². The van der Waals surface area contributed by atoms with Crippen LogP contribution in [0.15, 0.2) is 21.9 Å². The molecule has 0 aromatic heterocycles. The van der Waals surface area contributed by atoms with Crippen molar-refractivity contribution >= 4 is 44.0 Å². The minimum atomic E-state index is -3.97. The zero-order chi connectivity index (χ0) is 11.6. The van der Waals surface area contributed by atoms with Gasteiger partial charge < -0.3 is 0 Å². The van der Waals surface area contributed by atoms with Crippen molar-refractivity contribution in [3.8, 4) is 6.07 Å². The van der Waals surface area contributed by atoms with Gasteiger partial charge in [-0.15, -0.1) is 24.2 Å². The molecule has 1 aromatic rings. The normalized spacial score (nSPS) is 11.1. The zero-order valence-corrected chi connectivity index (χ0v) is 10.5. The summed E-state index contributed by atoms with van der Waals surface area (Å²) in [6, 6.07) is 4.54. The first-order valence-electron chi connectivity index (χ1n) is 3.66. The zero-order valence-electron chi connectivity index (χ0n) is 7.24. The van der Waals surface area contributed by atoms with Crippen molar-refractivity contribution in [3.05, 3.63) is 23.3 Å². The van der Waals surface area contributed by atoms with E-state index in [4.69, 9.17) is 27.5 Å². The summed E-state index contributed by atoms with van der Waals surface area (Å²) < 4.78 is 22.5. The molecule has 0 radical (unpaired) electrons. The standard InChI is InChI=1S/C8H5Cl2NO2S2/c9-3-5-1-7(14)2-6(4-11)8(5)15(10,12)13/h1-2,14H,3H2. The van der Waals surface area contributed by atoms with Gasteiger partial charge in [-0.3, -0.25) is 0 Å². The number of nitrogens with zero attached hydrogens (tertiary/aromatic N) is 1. The van der Waals surface area contributed by atoms with E-state index in [-0.39, 0.29) is 21.9 Å². The smallest absolute Gasteiger partial charge is 0.207 e. The number of benzene rings is 1. The summed E-state index contributed by atoms with van der Waals surface area (Å²) >= 11 is 9.60. The molecule has 3 nitrogen and oxygen atoms in total. The first kappa shape index (κ1) is 12.7. The van der Waals surface area contributed by atoms with Crippen LogP contribution in [0.4, 0.5) is 0 Å². The van der Waals surface area contributed by atoms with E-state index in [1.54, 1.807) is 6.07 Å². The Kier molecular flexibility index (Phi) is 3.90. The number of alkyl halides is 1. The van der Waals surface area contributed by atoms with Crippen molar-refractivity contribution < 1.29 is 8.42 Å². The second-order valence-corrected chi connectivity index (χ2v) is 5.95. The lowest BCUT2D eigenvalue weighted by Gasteiger charge is -2.06. The second-order valence-electron chi connectivity index (χ2n) is 2.66. The van der Waals surface area contributed by atoms with E-state index >= 15 is 0 Å². The van der Waals surface area contributed by atoms with Crippen LogP contribution >= 0.6 is 34.9 Å². The lowest BCUT2D eigenvalue weighted by molar-refractivity contribution is 0.608. The summed E-state index contributed by atoms with van der Waals surface area (Å²) in [6.45, 7) is 0. The predicted octanol–water partition coefficient (Wildman–Crippen LogP) is 2.51. The van der Waals surface area contributed by atoms with Gasteiger partial charge in [-0.05, 0) is 17.7 Å². The number of hydrogen-bond donors (Lipinski definition) is 1. The Labute approximate surface area is 102 Å². The number of thiol groups is 1. The molecule has 1 aromatic carbocycles. The third-order valence-electron chi connectivity index (χ3n) is 1.66. The van der Waals surface area contributed by atoms with Crippen molar-refractivity contribution in [2.24, 2.45) is 0 Å². The van der Waals surface area contributed by atoms with Crippen LogP contribution in [-0.4, -0.2) is 8.42 Å². The van der Waals surface area contributed by atoms with Crippen LogP contribution in [-0.2, 0) is 14.9 Å². The highest BCUT2D eigenvalue weighted by Gasteiger charge is 2.20. The molecule has 0 spiro atoms. The fraction of sp³-hybridized carbons (Fsp3) is 0.125. The molecule has 0 amide bonds. The fourth-order valence-electron chi connectivity index (χ4n) is 1.14. The van der Waals surface area contributed by atoms with Crippen molar-refractivity contribution in [1.29, 1.82) is 5.26 Å². The topological polar surface area (TPSA) is 57.9 Å². The summed E-state index contributed by atoms with van der Waals surface area (Å²) in [4.78, 5) is 0.228. The Bertz CT molecular complexity index is 534. The number of nitriles is 1. The van der Waals surface area contributed by atoms with Crippen LogP contribution in [0, 0.1) is 11.3 Å².